The molecule has 0 aromatic heterocycles. The summed E-state index contributed by atoms with van der Waals surface area (Å²) in [5.41, 5.74) is 7.85. The van der Waals surface area contributed by atoms with Crippen LogP contribution < -0.4 is 0 Å². The van der Waals surface area contributed by atoms with Crippen LogP contribution in [-0.4, -0.2) is 0 Å². The Hall–Kier alpha value is -3.52. The van der Waals surface area contributed by atoms with E-state index < -0.39 is 5.92 Å². The molecule has 242 valence electrons. The lowest BCUT2D eigenvalue weighted by Gasteiger charge is -2.12. The first-order valence-electron chi connectivity index (χ1n) is 16.4. The van der Waals surface area contributed by atoms with Gasteiger partial charge in [0, 0.05) is 18.4 Å². The third-order valence-electron chi connectivity index (χ3n) is 6.17. The molecule has 1 unspecified atom stereocenters. The van der Waals surface area contributed by atoms with Gasteiger partial charge in [-0.1, -0.05) is 184 Å². The van der Waals surface area contributed by atoms with Crippen molar-refractivity contribution in [2.75, 3.05) is 0 Å². The fourth-order valence-electron chi connectivity index (χ4n) is 4.03. The van der Waals surface area contributed by atoms with E-state index >= 15 is 0 Å². The lowest BCUT2D eigenvalue weighted by Crippen LogP contribution is -2.06. The maximum absolute atomic E-state index is 13.5. The van der Waals surface area contributed by atoms with Gasteiger partial charge in [-0.2, -0.15) is 0 Å². The molecule has 1 atom stereocenters. The van der Waals surface area contributed by atoms with Gasteiger partial charge in [-0.25, -0.2) is 8.78 Å². The molecule has 0 bridgehead atoms. The van der Waals surface area contributed by atoms with Gasteiger partial charge >= 0.3 is 0 Å². The number of allylic oxidation sites excluding steroid dienone is 4. The topological polar surface area (TPSA) is 0 Å². The van der Waals surface area contributed by atoms with Crippen molar-refractivity contribution in [3.05, 3.63) is 133 Å². The zero-order chi connectivity index (χ0) is 34.1. The number of benzene rings is 3. The molecule has 0 fully saturated rings. The highest BCUT2D eigenvalue weighted by molar-refractivity contribution is 5.87. The molecular weight excluding hydrogens is 542 g/mol. The first-order valence-corrected chi connectivity index (χ1v) is 16.4. The molecule has 3 aromatic carbocycles. The van der Waals surface area contributed by atoms with Crippen LogP contribution in [0.2, 0.25) is 0 Å². The van der Waals surface area contributed by atoms with Crippen molar-refractivity contribution in [3.63, 3.8) is 0 Å². The molecule has 0 radical (unpaired) electrons. The average molecular weight is 603 g/mol. The fraction of sp³-hybridized carbons (Fsp3) is 0.381. The Morgan fingerprint density at radius 3 is 1.55 bits per heavy atom. The number of rotatable bonds is 8. The summed E-state index contributed by atoms with van der Waals surface area (Å²) in [6.45, 7) is 29.8. The summed E-state index contributed by atoms with van der Waals surface area (Å²) in [4.78, 5) is 0. The Morgan fingerprint density at radius 2 is 1.16 bits per heavy atom. The summed E-state index contributed by atoms with van der Waals surface area (Å²) in [6.07, 6.45) is 9.66. The molecule has 3 aromatic rings. The Bertz CT molecular complexity index is 1190. The van der Waals surface area contributed by atoms with Gasteiger partial charge in [0.1, 0.15) is 0 Å². The molecule has 0 nitrogen and oxygen atoms in total. The zero-order valence-electron chi connectivity index (χ0n) is 29.4. The number of unbranched alkanes of at least 4 members (excludes halogenated alkanes) is 2. The molecular formula is C42H60F2. The van der Waals surface area contributed by atoms with Crippen LogP contribution in [0, 0.1) is 5.92 Å². The third-order valence-corrected chi connectivity index (χ3v) is 6.17. The second-order valence-electron chi connectivity index (χ2n) is 9.99. The first kappa shape index (κ1) is 42.6. The van der Waals surface area contributed by atoms with Crippen LogP contribution >= 0.6 is 0 Å². The molecule has 1 aliphatic rings. The van der Waals surface area contributed by atoms with Crippen molar-refractivity contribution in [1.29, 1.82) is 0 Å². The minimum Gasteiger partial charge on any atom is -0.202 e. The molecule has 0 N–H and O–H groups in total. The lowest BCUT2D eigenvalue weighted by molar-refractivity contribution is 0.0175. The summed E-state index contributed by atoms with van der Waals surface area (Å²) in [6, 6.07) is 25.4. The molecule has 0 saturated heterocycles. The molecule has 0 aliphatic heterocycles. The van der Waals surface area contributed by atoms with Gasteiger partial charge in [0.05, 0.1) is 0 Å². The highest BCUT2D eigenvalue weighted by Gasteiger charge is 2.31. The summed E-state index contributed by atoms with van der Waals surface area (Å²) >= 11 is 0. The van der Waals surface area contributed by atoms with Crippen LogP contribution in [-0.2, 0) is 5.92 Å². The molecule has 0 amide bonds. The first-order chi connectivity index (χ1) is 21.2. The molecule has 1 aliphatic carbocycles. The largest absolute Gasteiger partial charge is 0.270 e. The second-order valence-corrected chi connectivity index (χ2v) is 9.99. The average Bonchev–Trinajstić information content (AvgIpc) is 3.85. The van der Waals surface area contributed by atoms with E-state index in [1.54, 1.807) is 12.1 Å². The van der Waals surface area contributed by atoms with Crippen LogP contribution in [0.1, 0.15) is 112 Å². The van der Waals surface area contributed by atoms with Gasteiger partial charge in [-0.15, -0.1) is 13.2 Å². The van der Waals surface area contributed by atoms with Crippen LogP contribution in [0.5, 0.6) is 0 Å². The van der Waals surface area contributed by atoms with Crippen molar-refractivity contribution < 1.29 is 8.78 Å². The van der Waals surface area contributed by atoms with E-state index in [0.717, 1.165) is 34.8 Å². The lowest BCUT2D eigenvalue weighted by atomic mass is 9.95. The van der Waals surface area contributed by atoms with E-state index in [2.05, 4.69) is 96.0 Å². The van der Waals surface area contributed by atoms with Gasteiger partial charge in [0.15, 0.2) is 0 Å². The van der Waals surface area contributed by atoms with Crippen molar-refractivity contribution >= 4 is 11.6 Å². The van der Waals surface area contributed by atoms with Gasteiger partial charge in [-0.05, 0) is 40.3 Å². The zero-order valence-corrected chi connectivity index (χ0v) is 29.4. The normalized spacial score (nSPS) is 12.8. The van der Waals surface area contributed by atoms with Crippen molar-refractivity contribution in [2.45, 2.75) is 101 Å². The van der Waals surface area contributed by atoms with Crippen LogP contribution in [0.15, 0.2) is 116 Å². The Morgan fingerprint density at radius 1 is 0.727 bits per heavy atom. The molecule has 0 saturated carbocycles. The van der Waals surface area contributed by atoms with E-state index in [0.29, 0.717) is 0 Å². The number of alkyl halides is 2. The number of halogens is 2. The predicted molar refractivity (Wildman–Crippen MR) is 197 cm³/mol. The Labute approximate surface area is 270 Å². The van der Waals surface area contributed by atoms with Crippen molar-refractivity contribution in [2.24, 2.45) is 5.92 Å². The summed E-state index contributed by atoms with van der Waals surface area (Å²) in [5.74, 6) is -2.63. The monoisotopic (exact) mass is 602 g/mol. The van der Waals surface area contributed by atoms with Crippen molar-refractivity contribution in [1.82, 2.24) is 0 Å². The minimum atomic E-state index is -2.81. The van der Waals surface area contributed by atoms with Gasteiger partial charge in [0.2, 0.25) is 0 Å². The van der Waals surface area contributed by atoms with E-state index in [9.17, 15) is 8.78 Å². The smallest absolute Gasteiger partial charge is 0.202 e. The summed E-state index contributed by atoms with van der Waals surface area (Å²) in [5, 5.41) is 0. The van der Waals surface area contributed by atoms with Crippen molar-refractivity contribution in [3.8, 4) is 11.1 Å². The third kappa shape index (κ3) is 15.8. The number of hydrogen-bond acceptors (Lipinski definition) is 0. The molecule has 4 rings (SSSR count). The fourth-order valence-corrected chi connectivity index (χ4v) is 4.03. The second kappa shape index (κ2) is 24.9. The molecule has 0 spiro atoms. The Kier molecular flexibility index (Phi) is 24.1. The highest BCUT2D eigenvalue weighted by atomic mass is 19.3. The van der Waals surface area contributed by atoms with Crippen LogP contribution in [0.25, 0.3) is 22.8 Å². The van der Waals surface area contributed by atoms with E-state index in [-0.39, 0.29) is 11.5 Å². The van der Waals surface area contributed by atoms with Crippen LogP contribution in [0.4, 0.5) is 8.78 Å². The van der Waals surface area contributed by atoms with E-state index in [1.165, 1.54) is 48.9 Å². The van der Waals surface area contributed by atoms with Gasteiger partial charge in [0.25, 0.3) is 5.92 Å². The standard InChI is InChI=1S/C28H24F2.C5H12.C3H8.2C2H6.C2H4/c1-19(2)25(17-20-9-11-22(12-10-20)21-7-5-4-6-8-21)27-18-26(27)23-13-15-24(16-14-23)28(3,29)30;1-3-5-4-2;1-3-2;3*1-2/h4-18,27H,1H2,2-3H3;3-5H2,1-2H3;3H2,1-2H3;2*1-2H3;1-2H2/b25-17+;;;;;. The molecule has 2 heteroatoms. The van der Waals surface area contributed by atoms with Gasteiger partial charge in [-0.3, -0.25) is 0 Å². The quantitative estimate of drug-likeness (QED) is 0.178. The van der Waals surface area contributed by atoms with E-state index in [4.69, 9.17) is 0 Å². The van der Waals surface area contributed by atoms with Gasteiger partial charge < -0.3 is 0 Å². The SMILES string of the molecule is C=C.C=C(C)/C(=C\c1ccc(-c2ccccc2)cc1)C1C=C1c1ccc(C(C)(F)F)cc1.CC.CC.CCC.CCCCC. The highest BCUT2D eigenvalue weighted by Crippen LogP contribution is 2.46. The predicted octanol–water partition coefficient (Wildman–Crippen LogP) is 14.6. The number of hydrogen-bond donors (Lipinski definition) is 0. The minimum absolute atomic E-state index is 0.0400. The van der Waals surface area contributed by atoms with Crippen LogP contribution in [0.3, 0.4) is 0 Å². The van der Waals surface area contributed by atoms with E-state index in [1.807, 2.05) is 52.8 Å². The Balaban J connectivity index is 0. The summed E-state index contributed by atoms with van der Waals surface area (Å²) in [7, 11) is 0. The maximum Gasteiger partial charge on any atom is 0.270 e. The molecule has 0 heterocycles. The maximum atomic E-state index is 13.5. The molecule has 44 heavy (non-hydrogen) atoms. The summed E-state index contributed by atoms with van der Waals surface area (Å²) < 4.78 is 26.9.